The smallest absolute Gasteiger partial charge is 0.170 e. The summed E-state index contributed by atoms with van der Waals surface area (Å²) >= 11 is 2.03. The third-order valence-corrected chi connectivity index (χ3v) is 4.46. The van der Waals surface area contributed by atoms with E-state index in [9.17, 15) is 0 Å². The van der Waals surface area contributed by atoms with E-state index in [4.69, 9.17) is 10.9 Å². The lowest BCUT2D eigenvalue weighted by Gasteiger charge is -2.23. The Bertz CT molecular complexity index is 413. The summed E-state index contributed by atoms with van der Waals surface area (Å²) in [5, 5.41) is 11.6. The van der Waals surface area contributed by atoms with Crippen LogP contribution in [0.15, 0.2) is 29.4 Å². The Morgan fingerprint density at radius 2 is 2.22 bits per heavy atom. The van der Waals surface area contributed by atoms with Crippen LogP contribution in [0.2, 0.25) is 0 Å². The molecule has 1 aliphatic rings. The van der Waals surface area contributed by atoms with Crippen molar-refractivity contribution in [1.29, 1.82) is 0 Å². The molecule has 1 saturated heterocycles. The maximum atomic E-state index is 8.60. The summed E-state index contributed by atoms with van der Waals surface area (Å²) in [6, 6.07) is 8.54. The van der Waals surface area contributed by atoms with E-state index in [-0.39, 0.29) is 5.84 Å². The summed E-state index contributed by atoms with van der Waals surface area (Å²) < 4.78 is 0. The maximum Gasteiger partial charge on any atom is 0.170 e. The number of nitrogens with zero attached hydrogens (tertiary/aromatic N) is 2. The number of benzene rings is 1. The monoisotopic (exact) mass is 265 g/mol. The third-order valence-electron chi connectivity index (χ3n) is 3.32. The topological polar surface area (TPSA) is 61.8 Å². The summed E-state index contributed by atoms with van der Waals surface area (Å²) in [5.74, 6) is 2.66. The van der Waals surface area contributed by atoms with E-state index in [0.717, 1.165) is 12.1 Å². The molecule has 0 radical (unpaired) electrons. The molecule has 4 nitrogen and oxygen atoms in total. The van der Waals surface area contributed by atoms with E-state index in [2.05, 4.69) is 17.1 Å². The lowest BCUT2D eigenvalue weighted by atomic mass is 10.1. The minimum absolute atomic E-state index is 0.155. The number of oxime groups is 1. The lowest BCUT2D eigenvalue weighted by molar-refractivity contribution is 0.254. The van der Waals surface area contributed by atoms with Gasteiger partial charge in [0.2, 0.25) is 0 Å². The first-order valence-corrected chi connectivity index (χ1v) is 7.21. The fourth-order valence-electron chi connectivity index (χ4n) is 2.13. The fourth-order valence-corrected chi connectivity index (χ4v) is 3.42. The summed E-state index contributed by atoms with van der Waals surface area (Å²) in [6.07, 6.45) is 1.28. The molecule has 3 N–H and O–H groups in total. The van der Waals surface area contributed by atoms with Gasteiger partial charge in [-0.2, -0.15) is 11.8 Å². The Kier molecular flexibility index (Phi) is 4.49. The highest BCUT2D eigenvalue weighted by molar-refractivity contribution is 7.99. The predicted molar refractivity (Wildman–Crippen MR) is 76.1 cm³/mol. The minimum Gasteiger partial charge on any atom is -0.409 e. The van der Waals surface area contributed by atoms with Crippen molar-refractivity contribution in [2.75, 3.05) is 18.6 Å². The van der Waals surface area contributed by atoms with Crippen LogP contribution in [0.3, 0.4) is 0 Å². The number of amidine groups is 1. The van der Waals surface area contributed by atoms with Crippen LogP contribution in [-0.4, -0.2) is 40.5 Å². The molecule has 1 aromatic carbocycles. The first-order chi connectivity index (χ1) is 8.70. The van der Waals surface area contributed by atoms with Gasteiger partial charge in [0, 0.05) is 23.9 Å². The Labute approximate surface area is 112 Å². The van der Waals surface area contributed by atoms with Gasteiger partial charge in [-0.1, -0.05) is 29.4 Å². The van der Waals surface area contributed by atoms with Crippen molar-refractivity contribution in [3.8, 4) is 0 Å². The molecule has 0 aromatic heterocycles. The zero-order valence-electron chi connectivity index (χ0n) is 10.5. The first-order valence-electron chi connectivity index (χ1n) is 6.05. The lowest BCUT2D eigenvalue weighted by Crippen LogP contribution is -2.30. The van der Waals surface area contributed by atoms with Crippen LogP contribution in [-0.2, 0) is 6.54 Å². The van der Waals surface area contributed by atoms with Gasteiger partial charge in [-0.3, -0.25) is 4.90 Å². The van der Waals surface area contributed by atoms with Crippen LogP contribution in [0.25, 0.3) is 0 Å². The Morgan fingerprint density at radius 1 is 1.50 bits per heavy atom. The van der Waals surface area contributed by atoms with Gasteiger partial charge in [0.25, 0.3) is 0 Å². The van der Waals surface area contributed by atoms with Crippen molar-refractivity contribution in [2.45, 2.75) is 19.0 Å². The Balaban J connectivity index is 1.97. The van der Waals surface area contributed by atoms with Crippen molar-refractivity contribution < 1.29 is 5.21 Å². The minimum atomic E-state index is 0.155. The van der Waals surface area contributed by atoms with Gasteiger partial charge >= 0.3 is 0 Å². The number of hydrogen-bond donors (Lipinski definition) is 2. The van der Waals surface area contributed by atoms with Crippen molar-refractivity contribution in [3.05, 3.63) is 35.4 Å². The normalized spacial score (nSPS) is 20.6. The predicted octanol–water partition coefficient (Wildman–Crippen LogP) is 1.72. The van der Waals surface area contributed by atoms with Gasteiger partial charge < -0.3 is 10.9 Å². The second-order valence-corrected chi connectivity index (χ2v) is 5.76. The van der Waals surface area contributed by atoms with E-state index in [1.165, 1.54) is 23.5 Å². The van der Waals surface area contributed by atoms with Gasteiger partial charge in [-0.15, -0.1) is 0 Å². The zero-order chi connectivity index (χ0) is 13.0. The van der Waals surface area contributed by atoms with Crippen molar-refractivity contribution >= 4 is 17.6 Å². The average Bonchev–Trinajstić information content (AvgIpc) is 2.92. The highest BCUT2D eigenvalue weighted by Crippen LogP contribution is 2.22. The summed E-state index contributed by atoms with van der Waals surface area (Å²) in [4.78, 5) is 2.40. The molecule has 1 atom stereocenters. The molecule has 1 heterocycles. The SMILES string of the molecule is CN(Cc1ccc(/C(N)=N/O)cc1)C1CCSC1. The standard InChI is InChI=1S/C13H19N3OS/c1-16(12-6-7-18-9-12)8-10-2-4-11(5-3-10)13(14)15-17/h2-5,12,17H,6-9H2,1H3,(H2,14,15). The zero-order valence-corrected chi connectivity index (χ0v) is 11.4. The molecule has 1 unspecified atom stereocenters. The molecule has 98 valence electrons. The van der Waals surface area contributed by atoms with Crippen LogP contribution in [0.1, 0.15) is 17.5 Å². The molecule has 5 heteroatoms. The largest absolute Gasteiger partial charge is 0.409 e. The van der Waals surface area contributed by atoms with Gasteiger partial charge in [-0.25, -0.2) is 0 Å². The Hall–Kier alpha value is -1.20. The van der Waals surface area contributed by atoms with E-state index in [0.29, 0.717) is 6.04 Å². The number of rotatable bonds is 4. The average molecular weight is 265 g/mol. The molecule has 0 amide bonds. The van der Waals surface area contributed by atoms with Crippen molar-refractivity contribution in [1.82, 2.24) is 4.90 Å². The van der Waals surface area contributed by atoms with Crippen LogP contribution >= 0.6 is 11.8 Å². The molecule has 2 rings (SSSR count). The van der Waals surface area contributed by atoms with Crippen LogP contribution in [0, 0.1) is 0 Å². The quantitative estimate of drug-likeness (QED) is 0.376. The van der Waals surface area contributed by atoms with E-state index in [1.54, 1.807) is 0 Å². The second-order valence-electron chi connectivity index (χ2n) is 4.61. The van der Waals surface area contributed by atoms with Gasteiger partial charge in [0.05, 0.1) is 0 Å². The molecule has 1 aliphatic heterocycles. The van der Waals surface area contributed by atoms with E-state index < -0.39 is 0 Å². The van der Waals surface area contributed by atoms with Crippen molar-refractivity contribution in [2.24, 2.45) is 10.9 Å². The molecule has 18 heavy (non-hydrogen) atoms. The molecule has 0 spiro atoms. The molecular weight excluding hydrogens is 246 g/mol. The molecule has 1 fully saturated rings. The second kappa shape index (κ2) is 6.11. The third kappa shape index (κ3) is 3.17. The Morgan fingerprint density at radius 3 is 2.78 bits per heavy atom. The van der Waals surface area contributed by atoms with E-state index in [1.807, 2.05) is 36.0 Å². The summed E-state index contributed by atoms with van der Waals surface area (Å²) in [6.45, 7) is 0.946. The van der Waals surface area contributed by atoms with Gasteiger partial charge in [0.15, 0.2) is 5.84 Å². The summed E-state index contributed by atoms with van der Waals surface area (Å²) in [7, 11) is 2.17. The molecule has 0 aliphatic carbocycles. The molecule has 0 saturated carbocycles. The van der Waals surface area contributed by atoms with Crippen molar-refractivity contribution in [3.63, 3.8) is 0 Å². The maximum absolute atomic E-state index is 8.60. The molecule has 0 bridgehead atoms. The van der Waals surface area contributed by atoms with Crippen LogP contribution in [0.4, 0.5) is 0 Å². The van der Waals surface area contributed by atoms with Gasteiger partial charge in [0.1, 0.15) is 0 Å². The van der Waals surface area contributed by atoms with Gasteiger partial charge in [-0.05, 0) is 24.8 Å². The highest BCUT2D eigenvalue weighted by atomic mass is 32.2. The number of thioether (sulfide) groups is 1. The van der Waals surface area contributed by atoms with Crippen LogP contribution < -0.4 is 5.73 Å². The van der Waals surface area contributed by atoms with E-state index >= 15 is 0 Å². The first kappa shape index (κ1) is 13.2. The molecule has 1 aromatic rings. The summed E-state index contributed by atoms with van der Waals surface area (Å²) in [5.41, 5.74) is 7.54. The number of hydrogen-bond acceptors (Lipinski definition) is 4. The highest BCUT2D eigenvalue weighted by Gasteiger charge is 2.19. The molecular formula is C13H19N3OS. The number of nitrogens with two attached hydrogens (primary N) is 1. The fraction of sp³-hybridized carbons (Fsp3) is 0.462. The van der Waals surface area contributed by atoms with Crippen LogP contribution in [0.5, 0.6) is 0 Å².